The smallest absolute Gasteiger partial charge is 0.228 e. The molecule has 1 aliphatic rings. The molecule has 0 radical (unpaired) electrons. The van der Waals surface area contributed by atoms with E-state index in [-0.39, 0.29) is 17.9 Å². The lowest BCUT2D eigenvalue weighted by Gasteiger charge is -2.42. The minimum atomic E-state index is -0.641. The summed E-state index contributed by atoms with van der Waals surface area (Å²) in [6, 6.07) is 8.16. The molecule has 2 amide bonds. The molecule has 0 saturated carbocycles. The molecule has 3 rings (SSSR count). The van der Waals surface area contributed by atoms with E-state index in [0.717, 1.165) is 42.5 Å². The first-order valence-corrected chi connectivity index (χ1v) is 10.9. The van der Waals surface area contributed by atoms with Gasteiger partial charge < -0.3 is 10.2 Å². The van der Waals surface area contributed by atoms with Crippen LogP contribution in [0.25, 0.3) is 11.1 Å². The summed E-state index contributed by atoms with van der Waals surface area (Å²) >= 11 is 0. The summed E-state index contributed by atoms with van der Waals surface area (Å²) in [5.41, 5.74) is 2.41. The van der Waals surface area contributed by atoms with Crippen LogP contribution < -0.4 is 5.32 Å². The molecule has 6 heteroatoms. The maximum Gasteiger partial charge on any atom is 0.228 e. The maximum absolute atomic E-state index is 13.4. The number of nitrogens with zero attached hydrogens (tertiary/aromatic N) is 3. The molecule has 1 fully saturated rings. The molecule has 0 unspecified atom stereocenters. The van der Waals surface area contributed by atoms with Crippen molar-refractivity contribution in [3.63, 3.8) is 0 Å². The van der Waals surface area contributed by atoms with Crippen LogP contribution in [0, 0.1) is 5.41 Å². The van der Waals surface area contributed by atoms with Gasteiger partial charge >= 0.3 is 0 Å². The zero-order chi connectivity index (χ0) is 21.6. The highest BCUT2D eigenvalue weighted by molar-refractivity contribution is 5.85. The maximum atomic E-state index is 13.4. The van der Waals surface area contributed by atoms with Crippen molar-refractivity contribution >= 4 is 11.8 Å². The van der Waals surface area contributed by atoms with Crippen LogP contribution in [0.4, 0.5) is 0 Å². The Hall–Kier alpha value is -2.76. The third-order valence-corrected chi connectivity index (χ3v) is 5.71. The molecule has 160 valence electrons. The number of piperidine rings is 1. The summed E-state index contributed by atoms with van der Waals surface area (Å²) in [6.07, 6.45) is 8.62. The Morgan fingerprint density at radius 3 is 2.63 bits per heavy atom. The van der Waals surface area contributed by atoms with Crippen LogP contribution in [0.3, 0.4) is 0 Å². The normalized spacial score (nSPS) is 19.0. The van der Waals surface area contributed by atoms with Crippen LogP contribution >= 0.6 is 0 Å². The van der Waals surface area contributed by atoms with Crippen molar-refractivity contribution in [2.75, 3.05) is 13.1 Å². The third-order valence-electron chi connectivity index (χ3n) is 5.71. The number of hydrogen-bond acceptors (Lipinski definition) is 4. The van der Waals surface area contributed by atoms with Crippen molar-refractivity contribution in [1.82, 2.24) is 20.2 Å². The number of carbonyl (C=O) groups excluding carboxylic acids is 2. The molecule has 1 atom stereocenters. The average molecular weight is 409 g/mol. The molecule has 1 saturated heterocycles. The average Bonchev–Trinajstić information content (AvgIpc) is 2.74. The van der Waals surface area contributed by atoms with Crippen molar-refractivity contribution < 1.29 is 9.59 Å². The number of hydrogen-bond donors (Lipinski definition) is 1. The second kappa shape index (κ2) is 9.83. The van der Waals surface area contributed by atoms with Crippen LogP contribution in [0.15, 0.2) is 43.0 Å². The van der Waals surface area contributed by atoms with Gasteiger partial charge in [-0.15, -0.1) is 0 Å². The first-order valence-electron chi connectivity index (χ1n) is 10.9. The van der Waals surface area contributed by atoms with Crippen LogP contribution in [0.2, 0.25) is 0 Å². The molecule has 0 bridgehead atoms. The highest BCUT2D eigenvalue weighted by Gasteiger charge is 2.43. The van der Waals surface area contributed by atoms with Gasteiger partial charge in [-0.1, -0.05) is 31.2 Å². The number of nitrogens with one attached hydrogen (secondary N) is 1. The van der Waals surface area contributed by atoms with E-state index in [0.29, 0.717) is 19.4 Å². The zero-order valence-electron chi connectivity index (χ0n) is 18.2. The summed E-state index contributed by atoms with van der Waals surface area (Å²) in [5.74, 6) is 0.175. The van der Waals surface area contributed by atoms with Crippen molar-refractivity contribution in [2.45, 2.75) is 58.9 Å². The van der Waals surface area contributed by atoms with Gasteiger partial charge in [0.2, 0.25) is 11.8 Å². The Kier molecular flexibility index (Phi) is 7.19. The molecule has 1 aromatic carbocycles. The molecule has 0 spiro atoms. The first kappa shape index (κ1) is 21.9. The SMILES string of the molecule is CCCC(=O)N1CCC[C@](Cc2ccccc2-c2cncnc2)(C(=O)NC(C)C)C1. The number of likely N-dealkylation sites (tertiary alicyclic amines) is 1. The Balaban J connectivity index is 1.97. The lowest BCUT2D eigenvalue weighted by Crippen LogP contribution is -2.55. The van der Waals surface area contributed by atoms with Gasteiger partial charge in [0, 0.05) is 43.5 Å². The van der Waals surface area contributed by atoms with Crippen molar-refractivity contribution in [3.8, 4) is 11.1 Å². The molecule has 2 heterocycles. The summed E-state index contributed by atoms with van der Waals surface area (Å²) < 4.78 is 0. The van der Waals surface area contributed by atoms with Crippen molar-refractivity contribution in [2.24, 2.45) is 5.41 Å². The van der Waals surface area contributed by atoms with E-state index < -0.39 is 5.41 Å². The molecular weight excluding hydrogens is 376 g/mol. The third kappa shape index (κ3) is 5.04. The minimum Gasteiger partial charge on any atom is -0.353 e. The number of carbonyl (C=O) groups is 2. The quantitative estimate of drug-likeness (QED) is 0.759. The van der Waals surface area contributed by atoms with Crippen molar-refractivity contribution in [3.05, 3.63) is 48.5 Å². The van der Waals surface area contributed by atoms with Crippen LogP contribution in [-0.4, -0.2) is 45.8 Å². The first-order chi connectivity index (χ1) is 14.4. The fourth-order valence-electron chi connectivity index (χ4n) is 4.30. The fourth-order valence-corrected chi connectivity index (χ4v) is 4.30. The largest absolute Gasteiger partial charge is 0.353 e. The topological polar surface area (TPSA) is 75.2 Å². The van der Waals surface area contributed by atoms with E-state index in [1.807, 2.05) is 43.9 Å². The predicted octanol–water partition coefficient (Wildman–Crippen LogP) is 3.62. The molecule has 0 aliphatic carbocycles. The van der Waals surface area contributed by atoms with Crippen molar-refractivity contribution in [1.29, 1.82) is 0 Å². The summed E-state index contributed by atoms with van der Waals surface area (Å²) in [6.45, 7) is 7.15. The fraction of sp³-hybridized carbons (Fsp3) is 0.500. The Morgan fingerprint density at radius 2 is 1.93 bits per heavy atom. The van der Waals surface area contributed by atoms with E-state index in [4.69, 9.17) is 0 Å². The van der Waals surface area contributed by atoms with Gasteiger partial charge in [0.1, 0.15) is 6.33 Å². The van der Waals surface area contributed by atoms with Gasteiger partial charge in [-0.2, -0.15) is 0 Å². The number of amides is 2. The Morgan fingerprint density at radius 1 is 1.20 bits per heavy atom. The van der Waals surface area contributed by atoms with Crippen LogP contribution in [0.1, 0.15) is 52.0 Å². The number of rotatable bonds is 7. The Bertz CT molecular complexity index is 869. The van der Waals surface area contributed by atoms with E-state index in [1.165, 1.54) is 6.33 Å². The van der Waals surface area contributed by atoms with Gasteiger partial charge in [-0.05, 0) is 50.7 Å². The van der Waals surface area contributed by atoms with Gasteiger partial charge in [0.05, 0.1) is 5.41 Å². The lowest BCUT2D eigenvalue weighted by molar-refractivity contribution is -0.142. The highest BCUT2D eigenvalue weighted by atomic mass is 16.2. The second-order valence-electron chi connectivity index (χ2n) is 8.54. The summed E-state index contributed by atoms with van der Waals surface area (Å²) in [7, 11) is 0. The number of aromatic nitrogens is 2. The molecule has 2 aromatic rings. The molecule has 1 N–H and O–H groups in total. The molecule has 30 heavy (non-hydrogen) atoms. The highest BCUT2D eigenvalue weighted by Crippen LogP contribution is 2.37. The molecule has 1 aromatic heterocycles. The summed E-state index contributed by atoms with van der Waals surface area (Å²) in [5, 5.41) is 3.12. The predicted molar refractivity (Wildman–Crippen MR) is 118 cm³/mol. The summed E-state index contributed by atoms with van der Waals surface area (Å²) in [4.78, 5) is 36.3. The Labute approximate surface area is 179 Å². The minimum absolute atomic E-state index is 0.0330. The zero-order valence-corrected chi connectivity index (χ0v) is 18.2. The van der Waals surface area contributed by atoms with E-state index in [2.05, 4.69) is 21.4 Å². The standard InChI is InChI=1S/C24H32N4O2/c1-4-8-22(29)28-12-7-11-24(16-28,23(30)27-18(2)3)13-19-9-5-6-10-21(19)20-14-25-17-26-15-20/h5-6,9-10,14-15,17-18H,4,7-8,11-13,16H2,1-3H3,(H,27,30)/t24-/m1/s1. The molecular formula is C24H32N4O2. The van der Waals surface area contributed by atoms with Crippen LogP contribution in [0.5, 0.6) is 0 Å². The second-order valence-corrected chi connectivity index (χ2v) is 8.54. The van der Waals surface area contributed by atoms with Gasteiger partial charge in [-0.3, -0.25) is 9.59 Å². The number of benzene rings is 1. The van der Waals surface area contributed by atoms with E-state index in [1.54, 1.807) is 12.4 Å². The van der Waals surface area contributed by atoms with E-state index in [9.17, 15) is 9.59 Å². The monoisotopic (exact) mass is 408 g/mol. The lowest BCUT2D eigenvalue weighted by atomic mass is 9.73. The van der Waals surface area contributed by atoms with Gasteiger partial charge in [-0.25, -0.2) is 9.97 Å². The van der Waals surface area contributed by atoms with Crippen LogP contribution in [-0.2, 0) is 16.0 Å². The van der Waals surface area contributed by atoms with Gasteiger partial charge in [0.25, 0.3) is 0 Å². The molecule has 1 aliphatic heterocycles. The van der Waals surface area contributed by atoms with Gasteiger partial charge in [0.15, 0.2) is 0 Å². The molecule has 6 nitrogen and oxygen atoms in total. The van der Waals surface area contributed by atoms with E-state index >= 15 is 0 Å².